The molecule has 2 N–H and O–H groups in total. The molecule has 1 aromatic carbocycles. The third kappa shape index (κ3) is 3.21. The van der Waals surface area contributed by atoms with Crippen LogP contribution in [0.3, 0.4) is 0 Å². The maximum Gasteiger partial charge on any atom is 0.302 e. The average molecular weight is 349 g/mol. The number of nitrogens with one attached hydrogen (secondary N) is 1. The van der Waals surface area contributed by atoms with E-state index < -0.39 is 10.2 Å². The summed E-state index contributed by atoms with van der Waals surface area (Å²) in [6.07, 6.45) is 2.79. The summed E-state index contributed by atoms with van der Waals surface area (Å²) in [6.45, 7) is 2.42. The highest BCUT2D eigenvalue weighted by Gasteiger charge is 2.30. The van der Waals surface area contributed by atoms with Crippen LogP contribution in [0.25, 0.3) is 0 Å². The van der Waals surface area contributed by atoms with Crippen molar-refractivity contribution in [2.75, 3.05) is 11.3 Å². The van der Waals surface area contributed by atoms with Crippen LogP contribution >= 0.6 is 15.9 Å². The Morgan fingerprint density at radius 1 is 1.42 bits per heavy atom. The Labute approximate surface area is 121 Å². The van der Waals surface area contributed by atoms with Crippen LogP contribution in [-0.4, -0.2) is 30.4 Å². The molecule has 19 heavy (non-hydrogen) atoms. The number of para-hydroxylation sites is 1. The predicted octanol–water partition coefficient (Wildman–Crippen LogP) is 2.69. The highest BCUT2D eigenvalue weighted by atomic mass is 79.9. The maximum atomic E-state index is 12.3. The third-order valence-electron chi connectivity index (χ3n) is 3.28. The molecule has 1 saturated heterocycles. The molecule has 0 amide bonds. The molecule has 0 spiro atoms. The van der Waals surface area contributed by atoms with Crippen molar-refractivity contribution < 1.29 is 13.5 Å². The molecule has 106 valence electrons. The smallest absolute Gasteiger partial charge is 0.302 e. The molecule has 7 heteroatoms. The Balaban J connectivity index is 2.23. The number of aromatic hydroxyl groups is 1. The Hall–Kier alpha value is -0.790. The van der Waals surface area contributed by atoms with Crippen LogP contribution < -0.4 is 4.72 Å². The van der Waals surface area contributed by atoms with Crippen molar-refractivity contribution in [2.24, 2.45) is 0 Å². The van der Waals surface area contributed by atoms with Crippen LogP contribution in [0.2, 0.25) is 0 Å². The monoisotopic (exact) mass is 348 g/mol. The largest absolute Gasteiger partial charge is 0.505 e. The quantitative estimate of drug-likeness (QED) is 0.825. The van der Waals surface area contributed by atoms with Crippen molar-refractivity contribution in [2.45, 2.75) is 32.2 Å². The number of benzene rings is 1. The lowest BCUT2D eigenvalue weighted by atomic mass is 10.1. The lowest BCUT2D eigenvalue weighted by Crippen LogP contribution is -2.44. The molecule has 1 aliphatic heterocycles. The fourth-order valence-corrected chi connectivity index (χ4v) is 4.10. The van der Waals surface area contributed by atoms with Gasteiger partial charge in [-0.3, -0.25) is 4.72 Å². The van der Waals surface area contributed by atoms with Crippen LogP contribution in [0.15, 0.2) is 22.7 Å². The second kappa shape index (κ2) is 5.68. The van der Waals surface area contributed by atoms with Gasteiger partial charge in [0.15, 0.2) is 5.75 Å². The minimum atomic E-state index is -3.62. The zero-order chi connectivity index (χ0) is 14.0. The second-order valence-corrected chi connectivity index (χ2v) is 7.18. The molecule has 5 nitrogen and oxygen atoms in total. The lowest BCUT2D eigenvalue weighted by molar-refractivity contribution is 0.270. The number of rotatable bonds is 3. The standard InChI is InChI=1S/C12H17BrN2O3S/c1-9-5-2-3-8-15(9)19(17,18)14-11-7-4-6-10(13)12(11)16/h4,6-7,9,14,16H,2-3,5,8H2,1H3. The zero-order valence-electron chi connectivity index (χ0n) is 10.6. The first-order chi connectivity index (χ1) is 8.92. The average Bonchev–Trinajstić information content (AvgIpc) is 2.35. The van der Waals surface area contributed by atoms with E-state index in [1.165, 1.54) is 10.4 Å². The van der Waals surface area contributed by atoms with Crippen molar-refractivity contribution in [3.63, 3.8) is 0 Å². The minimum Gasteiger partial charge on any atom is -0.505 e. The second-order valence-electron chi connectivity index (χ2n) is 4.70. The van der Waals surface area contributed by atoms with E-state index in [2.05, 4.69) is 20.7 Å². The van der Waals surface area contributed by atoms with Crippen molar-refractivity contribution in [3.05, 3.63) is 22.7 Å². The summed E-state index contributed by atoms with van der Waals surface area (Å²) >= 11 is 3.16. The maximum absolute atomic E-state index is 12.3. The van der Waals surface area contributed by atoms with Crippen molar-refractivity contribution in [1.29, 1.82) is 0 Å². The molecule has 0 bridgehead atoms. The molecule has 1 fully saturated rings. The number of phenolic OH excluding ortho intramolecular Hbond substituents is 1. The fraction of sp³-hybridized carbons (Fsp3) is 0.500. The molecule has 2 rings (SSSR count). The summed E-state index contributed by atoms with van der Waals surface area (Å²) in [5.41, 5.74) is 0.187. The molecule has 1 aliphatic rings. The van der Waals surface area contributed by atoms with Crippen molar-refractivity contribution in [3.8, 4) is 5.75 Å². The van der Waals surface area contributed by atoms with Crippen LogP contribution in [0.1, 0.15) is 26.2 Å². The Morgan fingerprint density at radius 3 is 2.84 bits per heavy atom. The predicted molar refractivity (Wildman–Crippen MR) is 78.4 cm³/mol. The summed E-state index contributed by atoms with van der Waals surface area (Å²) in [6, 6.07) is 4.84. The highest BCUT2D eigenvalue weighted by molar-refractivity contribution is 9.10. The number of hydrogen-bond donors (Lipinski definition) is 2. The van der Waals surface area contributed by atoms with E-state index in [-0.39, 0.29) is 17.5 Å². The summed E-state index contributed by atoms with van der Waals surface area (Å²) in [5.74, 6) is -0.101. The van der Waals surface area contributed by atoms with Crippen molar-refractivity contribution >= 4 is 31.8 Å². The molecule has 0 saturated carbocycles. The molecule has 1 unspecified atom stereocenters. The number of piperidine rings is 1. The zero-order valence-corrected chi connectivity index (χ0v) is 13.0. The first kappa shape index (κ1) is 14.6. The van der Waals surface area contributed by atoms with Gasteiger partial charge in [-0.25, -0.2) is 0 Å². The summed E-state index contributed by atoms with van der Waals surface area (Å²) in [5, 5.41) is 9.83. The van der Waals surface area contributed by atoms with E-state index in [4.69, 9.17) is 0 Å². The van der Waals surface area contributed by atoms with Gasteiger partial charge in [0.1, 0.15) is 0 Å². The van der Waals surface area contributed by atoms with Gasteiger partial charge in [-0.2, -0.15) is 12.7 Å². The number of anilines is 1. The normalized spacial score (nSPS) is 21.3. The molecule has 1 aromatic rings. The molecule has 1 atom stereocenters. The number of hydrogen-bond acceptors (Lipinski definition) is 3. The van der Waals surface area contributed by atoms with E-state index in [0.717, 1.165) is 19.3 Å². The van der Waals surface area contributed by atoms with E-state index in [1.807, 2.05) is 6.92 Å². The number of phenols is 1. The van der Waals surface area contributed by atoms with Gasteiger partial charge < -0.3 is 5.11 Å². The van der Waals surface area contributed by atoms with Crippen LogP contribution in [0.5, 0.6) is 5.75 Å². The van der Waals surface area contributed by atoms with Gasteiger partial charge in [0, 0.05) is 12.6 Å². The van der Waals surface area contributed by atoms with Crippen LogP contribution in [0.4, 0.5) is 5.69 Å². The van der Waals surface area contributed by atoms with Crippen molar-refractivity contribution in [1.82, 2.24) is 4.31 Å². The van der Waals surface area contributed by atoms with Gasteiger partial charge in [0.2, 0.25) is 0 Å². The van der Waals surface area contributed by atoms with Crippen LogP contribution in [0, 0.1) is 0 Å². The summed E-state index contributed by atoms with van der Waals surface area (Å²) < 4.78 is 29.0. The van der Waals surface area contributed by atoms with Gasteiger partial charge in [0.25, 0.3) is 0 Å². The first-order valence-corrected chi connectivity index (χ1v) is 8.42. The first-order valence-electron chi connectivity index (χ1n) is 6.19. The van der Waals surface area contributed by atoms with Gasteiger partial charge in [-0.1, -0.05) is 12.5 Å². The summed E-state index contributed by atoms with van der Waals surface area (Å²) in [4.78, 5) is 0. The lowest BCUT2D eigenvalue weighted by Gasteiger charge is -2.32. The molecule has 0 aromatic heterocycles. The Kier molecular flexibility index (Phi) is 4.37. The SMILES string of the molecule is CC1CCCCN1S(=O)(=O)Nc1cccc(Br)c1O. The van der Waals surface area contributed by atoms with E-state index >= 15 is 0 Å². The Bertz CT molecular complexity index is 562. The molecular formula is C12H17BrN2O3S. The molecule has 0 radical (unpaired) electrons. The number of halogens is 1. The van der Waals surface area contributed by atoms with Gasteiger partial charge in [-0.15, -0.1) is 0 Å². The molecule has 0 aliphatic carbocycles. The third-order valence-corrected chi connectivity index (χ3v) is 5.55. The Morgan fingerprint density at radius 2 is 2.16 bits per heavy atom. The highest BCUT2D eigenvalue weighted by Crippen LogP contribution is 2.33. The number of nitrogens with zero attached hydrogens (tertiary/aromatic N) is 1. The topological polar surface area (TPSA) is 69.6 Å². The minimum absolute atomic E-state index is 0.0134. The van der Waals surface area contributed by atoms with E-state index in [0.29, 0.717) is 11.0 Å². The fourth-order valence-electron chi connectivity index (χ4n) is 2.22. The van der Waals surface area contributed by atoms with E-state index in [9.17, 15) is 13.5 Å². The molecular weight excluding hydrogens is 332 g/mol. The van der Waals surface area contributed by atoms with Crippen LogP contribution in [-0.2, 0) is 10.2 Å². The van der Waals surface area contributed by atoms with Gasteiger partial charge >= 0.3 is 10.2 Å². The summed E-state index contributed by atoms with van der Waals surface area (Å²) in [7, 11) is -3.62. The van der Waals surface area contributed by atoms with Gasteiger partial charge in [-0.05, 0) is 47.8 Å². The molecule has 1 heterocycles. The van der Waals surface area contributed by atoms with E-state index in [1.54, 1.807) is 12.1 Å². The van der Waals surface area contributed by atoms with Gasteiger partial charge in [0.05, 0.1) is 10.2 Å².